The topological polar surface area (TPSA) is 41.5 Å². The van der Waals surface area contributed by atoms with Gasteiger partial charge in [0.25, 0.3) is 0 Å². The smallest absolute Gasteiger partial charge is 0.124 e. The summed E-state index contributed by atoms with van der Waals surface area (Å²) in [6.45, 7) is 6.78. The van der Waals surface area contributed by atoms with Crippen LogP contribution in [0, 0.1) is 5.82 Å². The van der Waals surface area contributed by atoms with Crippen LogP contribution in [0.2, 0.25) is 0 Å². The Balaban J connectivity index is 2.81. The maximum atomic E-state index is 13.3. The van der Waals surface area contributed by atoms with E-state index in [1.807, 2.05) is 6.92 Å². The molecule has 0 heterocycles. The van der Waals surface area contributed by atoms with E-state index in [1.165, 1.54) is 12.1 Å². The zero-order valence-corrected chi connectivity index (χ0v) is 11.2. The van der Waals surface area contributed by atoms with Crippen molar-refractivity contribution < 1.29 is 14.2 Å². The fraction of sp³-hybridized carbons (Fsp3) is 0.571. The molecule has 102 valence electrons. The average molecular weight is 255 g/mol. The summed E-state index contributed by atoms with van der Waals surface area (Å²) in [6.07, 6.45) is 0.477. The lowest BCUT2D eigenvalue weighted by molar-refractivity contribution is 0.121. The molecule has 2 N–H and O–H groups in total. The van der Waals surface area contributed by atoms with E-state index in [-0.39, 0.29) is 18.5 Å². The van der Waals surface area contributed by atoms with Gasteiger partial charge in [-0.05, 0) is 45.0 Å². The van der Waals surface area contributed by atoms with E-state index in [1.54, 1.807) is 13.0 Å². The van der Waals surface area contributed by atoms with Gasteiger partial charge in [0.2, 0.25) is 0 Å². The summed E-state index contributed by atoms with van der Waals surface area (Å²) in [5.41, 5.74) is 0.782. The summed E-state index contributed by atoms with van der Waals surface area (Å²) < 4.78 is 18.8. The summed E-state index contributed by atoms with van der Waals surface area (Å²) in [7, 11) is 0. The van der Waals surface area contributed by atoms with Crippen molar-refractivity contribution in [2.45, 2.75) is 39.3 Å². The predicted molar refractivity (Wildman–Crippen MR) is 70.3 cm³/mol. The second kappa shape index (κ2) is 7.34. The molecule has 0 saturated heterocycles. The van der Waals surface area contributed by atoms with Gasteiger partial charge in [0.1, 0.15) is 18.2 Å². The zero-order chi connectivity index (χ0) is 13.5. The number of hydrogen-bond acceptors (Lipinski definition) is 3. The summed E-state index contributed by atoms with van der Waals surface area (Å²) in [5.74, 6) is 0.341. The normalized spacial score (nSPS) is 14.3. The van der Waals surface area contributed by atoms with E-state index in [0.717, 1.165) is 18.5 Å². The van der Waals surface area contributed by atoms with Crippen LogP contribution in [-0.4, -0.2) is 24.4 Å². The highest BCUT2D eigenvalue weighted by Gasteiger charge is 2.13. The van der Waals surface area contributed by atoms with E-state index in [2.05, 4.69) is 12.2 Å². The first kappa shape index (κ1) is 14.9. The molecule has 0 bridgehead atoms. The molecular formula is C14H22FNO2. The number of rotatable bonds is 7. The van der Waals surface area contributed by atoms with Crippen molar-refractivity contribution in [3.8, 4) is 5.75 Å². The molecule has 0 fully saturated rings. The van der Waals surface area contributed by atoms with Crippen LogP contribution in [0.1, 0.15) is 38.8 Å². The number of aliphatic hydroxyl groups excluding tert-OH is 1. The van der Waals surface area contributed by atoms with Gasteiger partial charge in [0, 0.05) is 11.6 Å². The van der Waals surface area contributed by atoms with Gasteiger partial charge < -0.3 is 15.2 Å². The van der Waals surface area contributed by atoms with Crippen LogP contribution in [0.25, 0.3) is 0 Å². The highest BCUT2D eigenvalue weighted by Crippen LogP contribution is 2.26. The number of halogens is 1. The first-order valence-electron chi connectivity index (χ1n) is 6.38. The van der Waals surface area contributed by atoms with Crippen molar-refractivity contribution >= 4 is 0 Å². The average Bonchev–Trinajstić information content (AvgIpc) is 2.34. The predicted octanol–water partition coefficient (Wildman–Crippen LogP) is 2.65. The molecule has 0 aliphatic heterocycles. The molecule has 0 spiro atoms. The Morgan fingerprint density at radius 2 is 2.11 bits per heavy atom. The molecule has 3 nitrogen and oxygen atoms in total. The van der Waals surface area contributed by atoms with Crippen LogP contribution < -0.4 is 10.1 Å². The first-order valence-corrected chi connectivity index (χ1v) is 6.38. The minimum atomic E-state index is -0.540. The fourth-order valence-electron chi connectivity index (χ4n) is 1.67. The lowest BCUT2D eigenvalue weighted by atomic mass is 10.1. The molecule has 0 aliphatic rings. The summed E-state index contributed by atoms with van der Waals surface area (Å²) in [5, 5.41) is 12.5. The van der Waals surface area contributed by atoms with Gasteiger partial charge in [-0.3, -0.25) is 0 Å². The maximum Gasteiger partial charge on any atom is 0.124 e. The van der Waals surface area contributed by atoms with Crippen LogP contribution in [0.4, 0.5) is 4.39 Å². The van der Waals surface area contributed by atoms with E-state index in [4.69, 9.17) is 4.74 Å². The third-order valence-corrected chi connectivity index (χ3v) is 2.62. The molecule has 0 amide bonds. The highest BCUT2D eigenvalue weighted by atomic mass is 19.1. The molecule has 0 saturated carbocycles. The number of ether oxygens (including phenoxy) is 1. The second-order valence-electron chi connectivity index (χ2n) is 4.52. The Morgan fingerprint density at radius 3 is 2.72 bits per heavy atom. The summed E-state index contributed by atoms with van der Waals surface area (Å²) in [6, 6.07) is 4.47. The number of nitrogens with one attached hydrogen (secondary N) is 1. The van der Waals surface area contributed by atoms with Gasteiger partial charge in [-0.15, -0.1) is 0 Å². The Bertz CT molecular complexity index is 369. The SMILES string of the molecule is CCCNC(C)c1cc(F)ccc1OCC(C)O. The lowest BCUT2D eigenvalue weighted by Gasteiger charge is -2.18. The molecule has 0 aliphatic carbocycles. The van der Waals surface area contributed by atoms with Crippen molar-refractivity contribution in [1.29, 1.82) is 0 Å². The molecule has 4 heteroatoms. The monoisotopic (exact) mass is 255 g/mol. The van der Waals surface area contributed by atoms with Crippen molar-refractivity contribution in [3.05, 3.63) is 29.6 Å². The molecule has 0 aromatic heterocycles. The van der Waals surface area contributed by atoms with Crippen LogP contribution >= 0.6 is 0 Å². The van der Waals surface area contributed by atoms with Crippen molar-refractivity contribution in [1.82, 2.24) is 5.32 Å². The third-order valence-electron chi connectivity index (χ3n) is 2.62. The molecule has 1 aromatic rings. The van der Waals surface area contributed by atoms with Crippen molar-refractivity contribution in [3.63, 3.8) is 0 Å². The van der Waals surface area contributed by atoms with Gasteiger partial charge in [0.05, 0.1) is 6.10 Å². The van der Waals surface area contributed by atoms with Crippen LogP contribution in [0.5, 0.6) is 5.75 Å². The number of benzene rings is 1. The standard InChI is InChI=1S/C14H22FNO2/c1-4-7-16-11(3)13-8-12(15)5-6-14(13)18-9-10(2)17/h5-6,8,10-11,16-17H,4,7,9H2,1-3H3. The Kier molecular flexibility index (Phi) is 6.09. The molecule has 2 unspecified atom stereocenters. The Labute approximate surface area is 108 Å². The molecule has 2 atom stereocenters. The quantitative estimate of drug-likeness (QED) is 0.787. The molecule has 1 aromatic carbocycles. The van der Waals surface area contributed by atoms with Crippen molar-refractivity contribution in [2.75, 3.05) is 13.2 Å². The van der Waals surface area contributed by atoms with E-state index >= 15 is 0 Å². The van der Waals surface area contributed by atoms with Gasteiger partial charge in [-0.1, -0.05) is 6.92 Å². The largest absolute Gasteiger partial charge is 0.491 e. The van der Waals surface area contributed by atoms with Gasteiger partial charge in [-0.25, -0.2) is 4.39 Å². The number of aliphatic hydroxyl groups is 1. The van der Waals surface area contributed by atoms with E-state index in [0.29, 0.717) is 5.75 Å². The Morgan fingerprint density at radius 1 is 1.39 bits per heavy atom. The Hall–Kier alpha value is -1.13. The van der Waals surface area contributed by atoms with E-state index < -0.39 is 6.10 Å². The second-order valence-corrected chi connectivity index (χ2v) is 4.52. The molecule has 1 rings (SSSR count). The third kappa shape index (κ3) is 4.63. The minimum absolute atomic E-state index is 0.0182. The fourth-order valence-corrected chi connectivity index (χ4v) is 1.67. The van der Waals surface area contributed by atoms with Crippen LogP contribution in [-0.2, 0) is 0 Å². The first-order chi connectivity index (χ1) is 8.54. The molecule has 18 heavy (non-hydrogen) atoms. The summed E-state index contributed by atoms with van der Waals surface area (Å²) >= 11 is 0. The highest BCUT2D eigenvalue weighted by molar-refractivity contribution is 5.36. The maximum absolute atomic E-state index is 13.3. The van der Waals surface area contributed by atoms with E-state index in [9.17, 15) is 9.50 Å². The summed E-state index contributed by atoms with van der Waals surface area (Å²) in [4.78, 5) is 0. The lowest BCUT2D eigenvalue weighted by Crippen LogP contribution is -2.21. The minimum Gasteiger partial charge on any atom is -0.491 e. The molecular weight excluding hydrogens is 233 g/mol. The van der Waals surface area contributed by atoms with Gasteiger partial charge in [-0.2, -0.15) is 0 Å². The van der Waals surface area contributed by atoms with Crippen molar-refractivity contribution in [2.24, 2.45) is 0 Å². The number of hydrogen-bond donors (Lipinski definition) is 2. The van der Waals surface area contributed by atoms with Gasteiger partial charge >= 0.3 is 0 Å². The van der Waals surface area contributed by atoms with Crippen LogP contribution in [0.3, 0.4) is 0 Å². The zero-order valence-electron chi connectivity index (χ0n) is 11.2. The van der Waals surface area contributed by atoms with Crippen LogP contribution in [0.15, 0.2) is 18.2 Å². The molecule has 0 radical (unpaired) electrons. The van der Waals surface area contributed by atoms with Gasteiger partial charge in [0.15, 0.2) is 0 Å².